The third kappa shape index (κ3) is 12.6. The van der Waals surface area contributed by atoms with Gasteiger partial charge in [0.2, 0.25) is 11.8 Å². The quantitative estimate of drug-likeness (QED) is 0.0947. The molecule has 0 amide bonds. The van der Waals surface area contributed by atoms with Crippen LogP contribution >= 0.6 is 0 Å². The van der Waals surface area contributed by atoms with Gasteiger partial charge in [0.15, 0.2) is 0 Å². The van der Waals surface area contributed by atoms with Crippen molar-refractivity contribution in [2.24, 2.45) is 0 Å². The Labute approximate surface area is 374 Å². The van der Waals surface area contributed by atoms with E-state index < -0.39 is 11.9 Å². The number of carboxylic acid groups (broad SMARTS) is 2. The number of carbonyl (C=O) groups is 2. The summed E-state index contributed by atoms with van der Waals surface area (Å²) in [6.07, 6.45) is 11.1. The second-order valence-electron chi connectivity index (χ2n) is 16.9. The Kier molecular flexibility index (Phi) is 15.9. The van der Waals surface area contributed by atoms with Crippen LogP contribution in [0.2, 0.25) is 0 Å². The number of carboxylic acids is 2. The summed E-state index contributed by atoms with van der Waals surface area (Å²) in [7, 11) is 0. The van der Waals surface area contributed by atoms with Crippen molar-refractivity contribution in [1.82, 2.24) is 9.97 Å². The summed E-state index contributed by atoms with van der Waals surface area (Å²) in [6.45, 7) is 9.10. The number of ether oxygens (including phenoxy) is 4. The molecule has 12 heteroatoms. The summed E-state index contributed by atoms with van der Waals surface area (Å²) < 4.78 is 35.6. The topological polar surface area (TPSA) is 164 Å². The molecule has 2 aromatic heterocycles. The molecule has 2 aliphatic rings. The number of nitrogens with zero attached hydrogens (tertiary/aromatic N) is 2. The Morgan fingerprint density at radius 1 is 0.531 bits per heavy atom. The van der Waals surface area contributed by atoms with Crippen molar-refractivity contribution in [3.05, 3.63) is 153 Å². The van der Waals surface area contributed by atoms with E-state index in [1.54, 1.807) is 12.5 Å². The maximum atomic E-state index is 11.6. The maximum absolute atomic E-state index is 11.6. The predicted octanol–water partition coefficient (Wildman–Crippen LogP) is 11.4. The molecule has 2 N–H and O–H groups in total. The van der Waals surface area contributed by atoms with Gasteiger partial charge in [-0.1, -0.05) is 71.8 Å². The Morgan fingerprint density at radius 3 is 1.25 bits per heavy atom. The van der Waals surface area contributed by atoms with Crippen LogP contribution in [0.1, 0.15) is 117 Å². The number of rotatable bonds is 16. The summed E-state index contributed by atoms with van der Waals surface area (Å²) in [4.78, 5) is 32.3. The molecular formula is C52H58N2O10. The Bertz CT molecular complexity index is 2280. The minimum absolute atomic E-state index is 0.0522. The number of oxazole rings is 2. The highest BCUT2D eigenvalue weighted by molar-refractivity contribution is 5.91. The van der Waals surface area contributed by atoms with E-state index >= 15 is 0 Å². The van der Waals surface area contributed by atoms with Crippen molar-refractivity contribution >= 4 is 11.9 Å². The summed E-state index contributed by atoms with van der Waals surface area (Å²) in [6, 6.07) is 27.1. The fourth-order valence-electron chi connectivity index (χ4n) is 8.35. The molecule has 0 radical (unpaired) electrons. The lowest BCUT2D eigenvalue weighted by atomic mass is 9.94. The van der Waals surface area contributed by atoms with Crippen LogP contribution in [0.4, 0.5) is 0 Å². The van der Waals surface area contributed by atoms with Gasteiger partial charge in [-0.3, -0.25) is 0 Å². The highest BCUT2D eigenvalue weighted by atomic mass is 16.5. The van der Waals surface area contributed by atoms with Crippen molar-refractivity contribution in [3.63, 3.8) is 0 Å². The van der Waals surface area contributed by atoms with E-state index in [0.717, 1.165) is 85.0 Å². The molecule has 4 aromatic carbocycles. The molecule has 0 spiro atoms. The van der Waals surface area contributed by atoms with Crippen molar-refractivity contribution in [3.8, 4) is 22.9 Å². The Morgan fingerprint density at radius 2 is 0.891 bits per heavy atom. The van der Waals surface area contributed by atoms with Crippen LogP contribution < -0.4 is 0 Å². The number of benzene rings is 4. The molecule has 2 aliphatic carbocycles. The first-order chi connectivity index (χ1) is 31.0. The first kappa shape index (κ1) is 46.1. The van der Waals surface area contributed by atoms with E-state index in [0.29, 0.717) is 60.5 Å². The van der Waals surface area contributed by atoms with Crippen LogP contribution in [0.25, 0.3) is 22.9 Å². The van der Waals surface area contributed by atoms with E-state index in [1.807, 2.05) is 113 Å². The summed E-state index contributed by atoms with van der Waals surface area (Å²) in [5, 5.41) is 19.0. The summed E-state index contributed by atoms with van der Waals surface area (Å²) >= 11 is 0. The standard InChI is InChI=1S/2C26H29NO5/c2*1-17-9-11-19(12-10-17)25-27-21(16-32-25)15-31-23-8-4-7-22(13-23)30-14-20-6-3-5-18(2)24(20)26(28)29/h2*3,5-6,9-12,16,22-23H,4,7-8,13-15H2,1-2H3,(H,28,29)/t2*22-,23+/m10/s1. The van der Waals surface area contributed by atoms with E-state index in [2.05, 4.69) is 9.97 Å². The van der Waals surface area contributed by atoms with Gasteiger partial charge in [0, 0.05) is 11.1 Å². The van der Waals surface area contributed by atoms with E-state index in [4.69, 9.17) is 27.8 Å². The van der Waals surface area contributed by atoms with Crippen molar-refractivity contribution in [2.45, 2.75) is 130 Å². The van der Waals surface area contributed by atoms with Gasteiger partial charge in [-0.05, 0) is 126 Å². The van der Waals surface area contributed by atoms with Crippen LogP contribution in [0.15, 0.2) is 106 Å². The van der Waals surface area contributed by atoms with E-state index in [9.17, 15) is 19.8 Å². The zero-order valence-electron chi connectivity index (χ0n) is 37.1. The van der Waals surface area contributed by atoms with Gasteiger partial charge in [0.1, 0.15) is 23.9 Å². The highest BCUT2D eigenvalue weighted by Gasteiger charge is 2.26. The van der Waals surface area contributed by atoms with E-state index in [-0.39, 0.29) is 24.4 Å². The summed E-state index contributed by atoms with van der Waals surface area (Å²) in [5.41, 5.74) is 9.44. The number of aromatic carboxylic acids is 2. The van der Waals surface area contributed by atoms with Gasteiger partial charge in [-0.25, -0.2) is 19.6 Å². The van der Waals surface area contributed by atoms with Crippen LogP contribution in [-0.2, 0) is 45.4 Å². The SMILES string of the molecule is Cc1ccc(-c2nc(CO[C@@H]3CCC[C@H](OCc4cccc(C)c4C(=O)O)C3)co2)cc1.Cc1ccc(-c2nc(CO[C@H]3CCC[C@@H](OCc4cccc(C)c4C(=O)O)C3)co2)cc1. The number of aryl methyl sites for hydroxylation is 4. The largest absolute Gasteiger partial charge is 0.478 e. The van der Waals surface area contributed by atoms with Gasteiger partial charge in [0.25, 0.3) is 0 Å². The van der Waals surface area contributed by atoms with E-state index in [1.165, 1.54) is 11.1 Å². The molecule has 6 aromatic rings. The third-order valence-electron chi connectivity index (χ3n) is 11.9. The molecular weight excluding hydrogens is 813 g/mol. The highest BCUT2D eigenvalue weighted by Crippen LogP contribution is 2.29. The van der Waals surface area contributed by atoms with Gasteiger partial charge in [0.05, 0.1) is 62.0 Å². The molecule has 2 fully saturated rings. The van der Waals surface area contributed by atoms with Gasteiger partial charge < -0.3 is 38.0 Å². The molecule has 2 saturated carbocycles. The lowest BCUT2D eigenvalue weighted by Crippen LogP contribution is -2.28. The maximum Gasteiger partial charge on any atom is 0.336 e. The summed E-state index contributed by atoms with van der Waals surface area (Å²) in [5.74, 6) is -0.630. The smallest absolute Gasteiger partial charge is 0.336 e. The average molecular weight is 871 g/mol. The second kappa shape index (κ2) is 22.1. The molecule has 0 aliphatic heterocycles. The molecule has 4 atom stereocenters. The number of hydrogen-bond acceptors (Lipinski definition) is 10. The third-order valence-corrected chi connectivity index (χ3v) is 11.9. The lowest BCUT2D eigenvalue weighted by molar-refractivity contribution is -0.0564. The zero-order chi connectivity index (χ0) is 45.0. The molecule has 8 rings (SSSR count). The fourth-order valence-corrected chi connectivity index (χ4v) is 8.35. The Balaban J connectivity index is 0.000000191. The minimum atomic E-state index is -0.913. The first-order valence-electron chi connectivity index (χ1n) is 22.1. The minimum Gasteiger partial charge on any atom is -0.478 e. The molecule has 0 saturated heterocycles. The van der Waals surface area contributed by atoms with Crippen LogP contribution in [0.3, 0.4) is 0 Å². The predicted molar refractivity (Wildman–Crippen MR) is 241 cm³/mol. The van der Waals surface area contributed by atoms with Crippen LogP contribution in [0.5, 0.6) is 0 Å². The number of aromatic nitrogens is 2. The normalized spacial score (nSPS) is 18.6. The van der Waals surface area contributed by atoms with Gasteiger partial charge in [-0.2, -0.15) is 0 Å². The fraction of sp³-hybridized carbons (Fsp3) is 0.385. The van der Waals surface area contributed by atoms with Crippen molar-refractivity contribution < 1.29 is 47.6 Å². The average Bonchev–Trinajstić information content (AvgIpc) is 3.98. The number of hydrogen-bond donors (Lipinski definition) is 2. The van der Waals surface area contributed by atoms with Crippen LogP contribution in [0, 0.1) is 27.7 Å². The van der Waals surface area contributed by atoms with Gasteiger partial charge >= 0.3 is 11.9 Å². The van der Waals surface area contributed by atoms with Crippen molar-refractivity contribution in [2.75, 3.05) is 0 Å². The second-order valence-corrected chi connectivity index (χ2v) is 16.9. The Hall–Kier alpha value is -5.92. The van der Waals surface area contributed by atoms with Crippen LogP contribution in [-0.4, -0.2) is 56.5 Å². The first-order valence-corrected chi connectivity index (χ1v) is 22.1. The molecule has 64 heavy (non-hydrogen) atoms. The molecule has 2 heterocycles. The van der Waals surface area contributed by atoms with Gasteiger partial charge in [-0.15, -0.1) is 0 Å². The zero-order valence-corrected chi connectivity index (χ0v) is 37.1. The monoisotopic (exact) mass is 870 g/mol. The molecule has 0 bridgehead atoms. The molecule has 336 valence electrons. The van der Waals surface area contributed by atoms with Crippen molar-refractivity contribution in [1.29, 1.82) is 0 Å². The lowest BCUT2D eigenvalue weighted by Gasteiger charge is -2.29. The molecule has 12 nitrogen and oxygen atoms in total. The molecule has 0 unspecified atom stereocenters.